The van der Waals surface area contributed by atoms with E-state index in [0.29, 0.717) is 5.56 Å². The molecule has 0 aliphatic rings. The second-order valence-electron chi connectivity index (χ2n) is 4.94. The molecule has 0 spiro atoms. The summed E-state index contributed by atoms with van der Waals surface area (Å²) >= 11 is 0. The number of rotatable bonds is 4. The predicted octanol–water partition coefficient (Wildman–Crippen LogP) is 3.28. The van der Waals surface area contributed by atoms with Crippen LogP contribution in [0.3, 0.4) is 0 Å². The Balaban J connectivity index is 2.09. The monoisotopic (exact) mass is 268 g/mol. The zero-order valence-electron chi connectivity index (χ0n) is 12.2. The standard InChI is InChI=1S/C17H20N2O/c1-12-7-8-15(13(2)9-12)11-19-16-6-4-5-14(10-16)17(20)18-3/h4-10,19H,11H2,1-3H3,(H,18,20). The van der Waals surface area contributed by atoms with Gasteiger partial charge in [0.2, 0.25) is 0 Å². The first-order valence-electron chi connectivity index (χ1n) is 6.72. The van der Waals surface area contributed by atoms with Gasteiger partial charge < -0.3 is 10.6 Å². The summed E-state index contributed by atoms with van der Waals surface area (Å²) in [6.07, 6.45) is 0. The van der Waals surface area contributed by atoms with Crippen molar-refractivity contribution >= 4 is 11.6 Å². The molecule has 104 valence electrons. The topological polar surface area (TPSA) is 41.1 Å². The van der Waals surface area contributed by atoms with Crippen LogP contribution < -0.4 is 10.6 Å². The summed E-state index contributed by atoms with van der Waals surface area (Å²) in [7, 11) is 1.64. The molecule has 0 aliphatic carbocycles. The van der Waals surface area contributed by atoms with Gasteiger partial charge in [-0.3, -0.25) is 4.79 Å². The fraction of sp³-hybridized carbons (Fsp3) is 0.235. The molecule has 2 aromatic carbocycles. The summed E-state index contributed by atoms with van der Waals surface area (Å²) in [4.78, 5) is 11.6. The van der Waals surface area contributed by atoms with E-state index in [4.69, 9.17) is 0 Å². The Morgan fingerprint density at radius 1 is 1.10 bits per heavy atom. The summed E-state index contributed by atoms with van der Waals surface area (Å²) in [5, 5.41) is 5.99. The van der Waals surface area contributed by atoms with E-state index in [9.17, 15) is 4.79 Å². The molecule has 3 heteroatoms. The van der Waals surface area contributed by atoms with Crippen molar-refractivity contribution in [1.82, 2.24) is 5.32 Å². The highest BCUT2D eigenvalue weighted by atomic mass is 16.1. The Hall–Kier alpha value is -2.29. The molecule has 3 nitrogen and oxygen atoms in total. The highest BCUT2D eigenvalue weighted by Crippen LogP contribution is 2.15. The van der Waals surface area contributed by atoms with Crippen molar-refractivity contribution < 1.29 is 4.79 Å². The zero-order chi connectivity index (χ0) is 14.5. The van der Waals surface area contributed by atoms with Gasteiger partial charge in [0, 0.05) is 24.8 Å². The number of carbonyl (C=O) groups is 1. The highest BCUT2D eigenvalue weighted by molar-refractivity contribution is 5.94. The molecule has 1 amide bonds. The van der Waals surface area contributed by atoms with Crippen molar-refractivity contribution in [3.05, 3.63) is 64.7 Å². The highest BCUT2D eigenvalue weighted by Gasteiger charge is 2.04. The van der Waals surface area contributed by atoms with Gasteiger partial charge in [-0.2, -0.15) is 0 Å². The minimum atomic E-state index is -0.0693. The van der Waals surface area contributed by atoms with E-state index in [1.165, 1.54) is 16.7 Å². The van der Waals surface area contributed by atoms with Crippen LogP contribution in [0.1, 0.15) is 27.0 Å². The fourth-order valence-corrected chi connectivity index (χ4v) is 2.16. The van der Waals surface area contributed by atoms with Crippen LogP contribution in [0.25, 0.3) is 0 Å². The number of nitrogens with one attached hydrogen (secondary N) is 2. The summed E-state index contributed by atoms with van der Waals surface area (Å²) in [6.45, 7) is 4.96. The van der Waals surface area contributed by atoms with E-state index in [2.05, 4.69) is 42.7 Å². The van der Waals surface area contributed by atoms with Crippen molar-refractivity contribution in [2.75, 3.05) is 12.4 Å². The normalized spacial score (nSPS) is 10.2. The molecule has 20 heavy (non-hydrogen) atoms. The number of carbonyl (C=O) groups excluding carboxylic acids is 1. The third-order valence-corrected chi connectivity index (χ3v) is 3.33. The Morgan fingerprint density at radius 3 is 2.60 bits per heavy atom. The number of amides is 1. The molecule has 2 N–H and O–H groups in total. The predicted molar refractivity (Wildman–Crippen MR) is 83.1 cm³/mol. The molecule has 0 radical (unpaired) electrons. The quantitative estimate of drug-likeness (QED) is 0.893. The summed E-state index contributed by atoms with van der Waals surface area (Å²) in [5.41, 5.74) is 5.43. The van der Waals surface area contributed by atoms with Gasteiger partial charge in [-0.25, -0.2) is 0 Å². The number of aryl methyl sites for hydroxylation is 2. The van der Waals surface area contributed by atoms with E-state index < -0.39 is 0 Å². The van der Waals surface area contributed by atoms with Crippen LogP contribution >= 0.6 is 0 Å². The number of hydrogen-bond acceptors (Lipinski definition) is 2. The molecule has 2 aromatic rings. The maximum atomic E-state index is 11.6. The van der Waals surface area contributed by atoms with Crippen LogP contribution in [-0.2, 0) is 6.54 Å². The van der Waals surface area contributed by atoms with Crippen molar-refractivity contribution in [2.24, 2.45) is 0 Å². The van der Waals surface area contributed by atoms with Gasteiger partial charge in [0.1, 0.15) is 0 Å². The third-order valence-electron chi connectivity index (χ3n) is 3.33. The summed E-state index contributed by atoms with van der Waals surface area (Å²) in [5.74, 6) is -0.0693. The van der Waals surface area contributed by atoms with Gasteiger partial charge in [-0.1, -0.05) is 29.8 Å². The molecule has 0 atom stereocenters. The second-order valence-corrected chi connectivity index (χ2v) is 4.94. The molecule has 0 unspecified atom stereocenters. The lowest BCUT2D eigenvalue weighted by Gasteiger charge is -2.10. The van der Waals surface area contributed by atoms with Crippen LogP contribution in [0.2, 0.25) is 0 Å². The lowest BCUT2D eigenvalue weighted by molar-refractivity contribution is 0.0963. The molecule has 0 heterocycles. The Labute approximate surface area is 120 Å². The average molecular weight is 268 g/mol. The maximum absolute atomic E-state index is 11.6. The van der Waals surface area contributed by atoms with Gasteiger partial charge in [0.15, 0.2) is 0 Å². The average Bonchev–Trinajstić information content (AvgIpc) is 2.46. The van der Waals surface area contributed by atoms with Crippen molar-refractivity contribution in [3.63, 3.8) is 0 Å². The minimum absolute atomic E-state index is 0.0693. The van der Waals surface area contributed by atoms with E-state index in [1.807, 2.05) is 18.2 Å². The van der Waals surface area contributed by atoms with Crippen molar-refractivity contribution in [3.8, 4) is 0 Å². The third kappa shape index (κ3) is 3.38. The first-order chi connectivity index (χ1) is 9.60. The van der Waals surface area contributed by atoms with Crippen LogP contribution in [0.15, 0.2) is 42.5 Å². The molecule has 0 aromatic heterocycles. The Morgan fingerprint density at radius 2 is 1.90 bits per heavy atom. The number of hydrogen-bond donors (Lipinski definition) is 2. The van der Waals surface area contributed by atoms with Gasteiger partial charge >= 0.3 is 0 Å². The van der Waals surface area contributed by atoms with Gasteiger partial charge in [-0.15, -0.1) is 0 Å². The molecule has 0 saturated heterocycles. The van der Waals surface area contributed by atoms with E-state index >= 15 is 0 Å². The number of anilines is 1. The summed E-state index contributed by atoms with van der Waals surface area (Å²) < 4.78 is 0. The Kier molecular flexibility index (Phi) is 4.41. The SMILES string of the molecule is CNC(=O)c1cccc(NCc2ccc(C)cc2C)c1. The Bertz CT molecular complexity index is 620. The van der Waals surface area contributed by atoms with Crippen LogP contribution in [0, 0.1) is 13.8 Å². The largest absolute Gasteiger partial charge is 0.381 e. The molecule has 0 fully saturated rings. The zero-order valence-corrected chi connectivity index (χ0v) is 12.2. The lowest BCUT2D eigenvalue weighted by Crippen LogP contribution is -2.17. The summed E-state index contributed by atoms with van der Waals surface area (Å²) in [6, 6.07) is 14.0. The van der Waals surface area contributed by atoms with Crippen LogP contribution in [-0.4, -0.2) is 13.0 Å². The van der Waals surface area contributed by atoms with Gasteiger partial charge in [0.05, 0.1) is 0 Å². The van der Waals surface area contributed by atoms with Gasteiger partial charge in [-0.05, 0) is 43.2 Å². The number of benzene rings is 2. The fourth-order valence-electron chi connectivity index (χ4n) is 2.16. The molecular formula is C17H20N2O. The molecule has 2 rings (SSSR count). The molecule has 0 bridgehead atoms. The van der Waals surface area contributed by atoms with Gasteiger partial charge in [0.25, 0.3) is 5.91 Å². The van der Waals surface area contributed by atoms with Crippen molar-refractivity contribution in [1.29, 1.82) is 0 Å². The minimum Gasteiger partial charge on any atom is -0.381 e. The van der Waals surface area contributed by atoms with Crippen LogP contribution in [0.4, 0.5) is 5.69 Å². The second kappa shape index (κ2) is 6.24. The van der Waals surface area contributed by atoms with E-state index in [0.717, 1.165) is 12.2 Å². The van der Waals surface area contributed by atoms with Crippen LogP contribution in [0.5, 0.6) is 0 Å². The molecule has 0 aliphatic heterocycles. The lowest BCUT2D eigenvalue weighted by atomic mass is 10.1. The first kappa shape index (κ1) is 14.1. The van der Waals surface area contributed by atoms with Crippen molar-refractivity contribution in [2.45, 2.75) is 20.4 Å². The molecular weight excluding hydrogens is 248 g/mol. The molecule has 0 saturated carbocycles. The van der Waals surface area contributed by atoms with E-state index in [-0.39, 0.29) is 5.91 Å². The first-order valence-corrected chi connectivity index (χ1v) is 6.72. The van der Waals surface area contributed by atoms with E-state index in [1.54, 1.807) is 13.1 Å². The maximum Gasteiger partial charge on any atom is 0.251 e. The smallest absolute Gasteiger partial charge is 0.251 e.